The fourth-order valence-corrected chi connectivity index (χ4v) is 2.46. The van der Waals surface area contributed by atoms with Gasteiger partial charge in [-0.05, 0) is 24.6 Å². The molecule has 1 fully saturated rings. The first-order valence-electron chi connectivity index (χ1n) is 6.71. The van der Waals surface area contributed by atoms with E-state index in [9.17, 15) is 4.79 Å². The number of nitrogens with zero attached hydrogens (tertiary/aromatic N) is 4. The summed E-state index contributed by atoms with van der Waals surface area (Å²) in [4.78, 5) is 16.3. The van der Waals surface area contributed by atoms with Crippen molar-refractivity contribution in [3.8, 4) is 0 Å². The number of benzene rings is 1. The van der Waals surface area contributed by atoms with Crippen LogP contribution in [-0.2, 0) is 0 Å². The molecule has 0 aliphatic carbocycles. The Hall–Kier alpha value is -2.37. The molecule has 2 heterocycles. The van der Waals surface area contributed by atoms with Crippen molar-refractivity contribution in [1.82, 2.24) is 20.3 Å². The maximum absolute atomic E-state index is 12.1. The Balaban J connectivity index is 1.64. The lowest BCUT2D eigenvalue weighted by Gasteiger charge is -2.35. The van der Waals surface area contributed by atoms with Crippen molar-refractivity contribution in [3.05, 3.63) is 41.7 Å². The maximum atomic E-state index is 12.1. The SMILES string of the molecule is Cc1cccc(N2CCN(C(=O)c3cn[nH]n3)CC2)c1. The van der Waals surface area contributed by atoms with E-state index in [2.05, 4.69) is 51.5 Å². The Morgan fingerprint density at radius 3 is 2.70 bits per heavy atom. The molecule has 2 aromatic rings. The molecule has 1 N–H and O–H groups in total. The quantitative estimate of drug-likeness (QED) is 0.887. The first-order valence-corrected chi connectivity index (χ1v) is 6.71. The third-order valence-electron chi connectivity index (χ3n) is 3.57. The minimum absolute atomic E-state index is 0.0531. The van der Waals surface area contributed by atoms with Crippen LogP contribution in [0.2, 0.25) is 0 Å². The van der Waals surface area contributed by atoms with Crippen LogP contribution in [0.4, 0.5) is 5.69 Å². The Labute approximate surface area is 117 Å². The number of nitrogens with one attached hydrogen (secondary N) is 1. The van der Waals surface area contributed by atoms with Gasteiger partial charge in [-0.1, -0.05) is 12.1 Å². The van der Waals surface area contributed by atoms with E-state index >= 15 is 0 Å². The van der Waals surface area contributed by atoms with Crippen molar-refractivity contribution >= 4 is 11.6 Å². The van der Waals surface area contributed by atoms with Crippen molar-refractivity contribution in [2.75, 3.05) is 31.1 Å². The number of hydrogen-bond acceptors (Lipinski definition) is 4. The molecule has 104 valence electrons. The molecule has 1 amide bonds. The summed E-state index contributed by atoms with van der Waals surface area (Å²) >= 11 is 0. The number of aromatic nitrogens is 3. The second-order valence-electron chi connectivity index (χ2n) is 4.97. The van der Waals surface area contributed by atoms with Crippen LogP contribution in [-0.4, -0.2) is 52.4 Å². The van der Waals surface area contributed by atoms with Gasteiger partial charge in [-0.15, -0.1) is 0 Å². The first-order chi connectivity index (χ1) is 9.74. The van der Waals surface area contributed by atoms with Gasteiger partial charge in [0.05, 0.1) is 6.20 Å². The summed E-state index contributed by atoms with van der Waals surface area (Å²) in [5.74, 6) is -0.0531. The van der Waals surface area contributed by atoms with Crippen molar-refractivity contribution in [2.45, 2.75) is 6.92 Å². The van der Waals surface area contributed by atoms with Gasteiger partial charge in [0.25, 0.3) is 5.91 Å². The molecule has 6 nitrogen and oxygen atoms in total. The van der Waals surface area contributed by atoms with Gasteiger partial charge in [-0.2, -0.15) is 15.4 Å². The van der Waals surface area contributed by atoms with Gasteiger partial charge < -0.3 is 9.80 Å². The third kappa shape index (κ3) is 2.49. The lowest BCUT2D eigenvalue weighted by atomic mass is 10.2. The highest BCUT2D eigenvalue weighted by molar-refractivity contribution is 5.92. The summed E-state index contributed by atoms with van der Waals surface area (Å²) < 4.78 is 0. The summed E-state index contributed by atoms with van der Waals surface area (Å²) in [6, 6.07) is 8.45. The van der Waals surface area contributed by atoms with E-state index in [1.165, 1.54) is 17.4 Å². The number of piperazine rings is 1. The Kier molecular flexibility index (Phi) is 3.37. The van der Waals surface area contributed by atoms with Crippen molar-refractivity contribution < 1.29 is 4.79 Å². The Morgan fingerprint density at radius 2 is 2.05 bits per heavy atom. The van der Waals surface area contributed by atoms with Crippen LogP contribution in [0.25, 0.3) is 0 Å². The molecular formula is C14H17N5O. The monoisotopic (exact) mass is 271 g/mol. The van der Waals surface area contributed by atoms with Gasteiger partial charge in [-0.3, -0.25) is 4.79 Å². The zero-order valence-electron chi connectivity index (χ0n) is 11.4. The number of carbonyl (C=O) groups is 1. The fourth-order valence-electron chi connectivity index (χ4n) is 2.46. The van der Waals surface area contributed by atoms with Crippen molar-refractivity contribution in [2.24, 2.45) is 0 Å². The van der Waals surface area contributed by atoms with E-state index in [-0.39, 0.29) is 5.91 Å². The summed E-state index contributed by atoms with van der Waals surface area (Å²) in [6.45, 7) is 5.19. The smallest absolute Gasteiger partial charge is 0.276 e. The van der Waals surface area contributed by atoms with Crippen LogP contribution >= 0.6 is 0 Å². The summed E-state index contributed by atoms with van der Waals surface area (Å²) in [7, 11) is 0. The van der Waals surface area contributed by atoms with E-state index < -0.39 is 0 Å². The highest BCUT2D eigenvalue weighted by atomic mass is 16.2. The second kappa shape index (κ2) is 5.32. The van der Waals surface area contributed by atoms with E-state index in [0.29, 0.717) is 18.8 Å². The molecule has 1 aliphatic heterocycles. The third-order valence-corrected chi connectivity index (χ3v) is 3.57. The molecule has 20 heavy (non-hydrogen) atoms. The van der Waals surface area contributed by atoms with Gasteiger partial charge in [-0.25, -0.2) is 0 Å². The van der Waals surface area contributed by atoms with Crippen LogP contribution < -0.4 is 4.90 Å². The minimum atomic E-state index is -0.0531. The molecule has 1 aromatic heterocycles. The molecule has 0 radical (unpaired) electrons. The highest BCUT2D eigenvalue weighted by Crippen LogP contribution is 2.18. The van der Waals surface area contributed by atoms with Crippen molar-refractivity contribution in [1.29, 1.82) is 0 Å². The van der Waals surface area contributed by atoms with Crippen LogP contribution in [0.3, 0.4) is 0 Å². The lowest BCUT2D eigenvalue weighted by molar-refractivity contribution is 0.0741. The molecule has 1 aromatic carbocycles. The van der Waals surface area contributed by atoms with Gasteiger partial charge in [0.1, 0.15) is 0 Å². The second-order valence-corrected chi connectivity index (χ2v) is 4.97. The highest BCUT2D eigenvalue weighted by Gasteiger charge is 2.23. The van der Waals surface area contributed by atoms with Crippen LogP contribution in [0, 0.1) is 6.92 Å². The number of H-pyrrole nitrogens is 1. The number of hydrogen-bond donors (Lipinski definition) is 1. The molecule has 0 atom stereocenters. The van der Waals surface area contributed by atoms with E-state index in [4.69, 9.17) is 0 Å². The Bertz CT molecular complexity index is 587. The molecule has 0 spiro atoms. The molecule has 0 unspecified atom stereocenters. The average molecular weight is 271 g/mol. The number of amides is 1. The topological polar surface area (TPSA) is 65.1 Å². The van der Waals surface area contributed by atoms with E-state index in [1.807, 2.05) is 4.90 Å². The van der Waals surface area contributed by atoms with E-state index in [0.717, 1.165) is 13.1 Å². The van der Waals surface area contributed by atoms with Gasteiger partial charge in [0.15, 0.2) is 5.69 Å². The molecule has 6 heteroatoms. The normalized spacial score (nSPS) is 15.4. The lowest BCUT2D eigenvalue weighted by Crippen LogP contribution is -2.48. The standard InChI is InChI=1S/C14H17N5O/c1-11-3-2-4-12(9-11)18-5-7-19(8-6-18)14(20)13-10-15-17-16-13/h2-4,9-10H,5-8H2,1H3,(H,15,16,17). The molecule has 0 bridgehead atoms. The first kappa shape index (κ1) is 12.7. The largest absolute Gasteiger partial charge is 0.368 e. The average Bonchev–Trinajstić information content (AvgIpc) is 3.01. The Morgan fingerprint density at radius 1 is 1.25 bits per heavy atom. The molecular weight excluding hydrogens is 254 g/mol. The van der Waals surface area contributed by atoms with Gasteiger partial charge in [0.2, 0.25) is 0 Å². The molecule has 1 aliphatic rings. The maximum Gasteiger partial charge on any atom is 0.276 e. The summed E-state index contributed by atoms with van der Waals surface area (Å²) in [5.41, 5.74) is 2.86. The van der Waals surface area contributed by atoms with E-state index in [1.54, 1.807) is 0 Å². The number of anilines is 1. The molecule has 3 rings (SSSR count). The molecule has 0 saturated carbocycles. The zero-order valence-corrected chi connectivity index (χ0v) is 11.4. The summed E-state index contributed by atoms with van der Waals surface area (Å²) in [5, 5.41) is 9.99. The van der Waals surface area contributed by atoms with Crippen molar-refractivity contribution in [3.63, 3.8) is 0 Å². The number of rotatable bonds is 2. The molecule has 1 saturated heterocycles. The van der Waals surface area contributed by atoms with Crippen LogP contribution in [0.15, 0.2) is 30.5 Å². The summed E-state index contributed by atoms with van der Waals surface area (Å²) in [6.07, 6.45) is 1.47. The number of aryl methyl sites for hydroxylation is 1. The minimum Gasteiger partial charge on any atom is -0.368 e. The number of aromatic amines is 1. The fraction of sp³-hybridized carbons (Fsp3) is 0.357. The predicted molar refractivity (Wildman–Crippen MR) is 75.7 cm³/mol. The van der Waals surface area contributed by atoms with Gasteiger partial charge in [0, 0.05) is 31.9 Å². The number of carbonyl (C=O) groups excluding carboxylic acids is 1. The van der Waals surface area contributed by atoms with Crippen LogP contribution in [0.5, 0.6) is 0 Å². The van der Waals surface area contributed by atoms with Gasteiger partial charge >= 0.3 is 0 Å². The van der Waals surface area contributed by atoms with Crippen LogP contribution in [0.1, 0.15) is 16.1 Å². The zero-order chi connectivity index (χ0) is 13.9. The predicted octanol–water partition coefficient (Wildman–Crippen LogP) is 1.08.